The Morgan fingerprint density at radius 2 is 1.57 bits per heavy atom. The molecule has 0 fully saturated rings. The average molecular weight is 387 g/mol. The van der Waals surface area contributed by atoms with Gasteiger partial charge in [0, 0.05) is 34.5 Å². The van der Waals surface area contributed by atoms with Crippen molar-refractivity contribution in [2.24, 2.45) is 7.05 Å². The Morgan fingerprint density at radius 1 is 0.913 bits per heavy atom. The number of aromatic nitrogens is 3. The summed E-state index contributed by atoms with van der Waals surface area (Å²) < 4.78 is 5.23. The second kappa shape index (κ2) is 5.55. The van der Waals surface area contributed by atoms with Crippen LogP contribution in [-0.2, 0) is 7.05 Å². The predicted molar refractivity (Wildman–Crippen MR) is 97.7 cm³/mol. The van der Waals surface area contributed by atoms with Crippen molar-refractivity contribution in [3.8, 4) is 22.5 Å². The maximum atomic E-state index is 5.95. The molecule has 4 aromatic rings. The molecule has 3 nitrogen and oxygen atoms in total. The zero-order valence-corrected chi connectivity index (χ0v) is 14.7. The minimum absolute atomic E-state index is 0.732. The number of benzene rings is 2. The first-order valence-corrected chi connectivity index (χ1v) is 8.35. The molecule has 2 aromatic heterocycles. The maximum Gasteiger partial charge on any atom is 0.214 e. The molecule has 0 spiro atoms. The van der Waals surface area contributed by atoms with Gasteiger partial charge in [-0.25, -0.2) is 4.98 Å². The highest BCUT2D eigenvalue weighted by Gasteiger charge is 2.12. The van der Waals surface area contributed by atoms with E-state index in [-0.39, 0.29) is 0 Å². The van der Waals surface area contributed by atoms with E-state index in [1.54, 1.807) is 0 Å². The van der Waals surface area contributed by atoms with Crippen LogP contribution in [0.3, 0.4) is 0 Å². The van der Waals surface area contributed by atoms with E-state index < -0.39 is 0 Å². The molecule has 0 unspecified atom stereocenters. The van der Waals surface area contributed by atoms with Crippen LogP contribution < -0.4 is 0 Å². The first kappa shape index (κ1) is 14.5. The highest BCUT2D eigenvalue weighted by atomic mass is 79.9. The largest absolute Gasteiger partial charge is 0.313 e. The zero-order valence-electron chi connectivity index (χ0n) is 12.4. The van der Waals surface area contributed by atoms with E-state index >= 15 is 0 Å². The van der Waals surface area contributed by atoms with Gasteiger partial charge in [0.05, 0.1) is 11.4 Å². The maximum absolute atomic E-state index is 5.95. The first-order chi connectivity index (χ1) is 11.1. The molecule has 0 radical (unpaired) electrons. The van der Waals surface area contributed by atoms with Gasteiger partial charge in [-0.2, -0.15) is 0 Å². The Balaban J connectivity index is 1.80. The van der Waals surface area contributed by atoms with Gasteiger partial charge in [-0.15, -0.1) is 0 Å². The van der Waals surface area contributed by atoms with E-state index in [0.29, 0.717) is 0 Å². The van der Waals surface area contributed by atoms with Crippen molar-refractivity contribution in [1.82, 2.24) is 14.0 Å². The summed E-state index contributed by atoms with van der Waals surface area (Å²) in [5.74, 6) is 0.910. The van der Waals surface area contributed by atoms with E-state index in [0.717, 1.165) is 37.8 Å². The van der Waals surface area contributed by atoms with Crippen molar-refractivity contribution in [2.75, 3.05) is 0 Å². The summed E-state index contributed by atoms with van der Waals surface area (Å²) in [6, 6.07) is 16.0. The molecule has 2 aromatic carbocycles. The van der Waals surface area contributed by atoms with Crippen LogP contribution in [0.25, 0.3) is 28.3 Å². The minimum atomic E-state index is 0.732. The summed E-state index contributed by atoms with van der Waals surface area (Å²) in [6.07, 6.45) is 4.14. The Kier molecular flexibility index (Phi) is 3.51. The first-order valence-electron chi connectivity index (χ1n) is 7.18. The van der Waals surface area contributed by atoms with Gasteiger partial charge in [0.15, 0.2) is 0 Å². The second-order valence-corrected chi connectivity index (χ2v) is 6.77. The van der Waals surface area contributed by atoms with Gasteiger partial charge >= 0.3 is 0 Å². The number of rotatable bonds is 2. The van der Waals surface area contributed by atoms with Crippen LogP contribution in [-0.4, -0.2) is 14.0 Å². The molecule has 0 saturated heterocycles. The van der Waals surface area contributed by atoms with Crippen LogP contribution in [0.5, 0.6) is 0 Å². The number of aryl methyl sites for hydroxylation is 1. The normalized spacial score (nSPS) is 11.3. The second-order valence-electron chi connectivity index (χ2n) is 5.42. The van der Waals surface area contributed by atoms with Crippen molar-refractivity contribution in [1.29, 1.82) is 0 Å². The standard InChI is InChI=1S/C18H13BrClN3/c1-22-17(13-2-6-14(19)7-3-13)11-23-10-16(21-18(22)23)12-4-8-15(20)9-5-12/h2-11H,1H3. The van der Waals surface area contributed by atoms with Crippen molar-refractivity contribution >= 4 is 33.3 Å². The quantitative estimate of drug-likeness (QED) is 0.451. The van der Waals surface area contributed by atoms with Crippen LogP contribution in [0.4, 0.5) is 0 Å². The molecule has 0 aliphatic carbocycles. The SMILES string of the molecule is Cn1c(-c2ccc(Br)cc2)cn2cc(-c3ccc(Cl)cc3)nc12. The van der Waals surface area contributed by atoms with Crippen LogP contribution in [0.1, 0.15) is 0 Å². The monoisotopic (exact) mass is 385 g/mol. The van der Waals surface area contributed by atoms with Gasteiger partial charge in [0.25, 0.3) is 0 Å². The Bertz CT molecular complexity index is 982. The molecule has 0 aliphatic rings. The number of hydrogen-bond acceptors (Lipinski definition) is 1. The molecule has 4 rings (SSSR count). The molecule has 0 amide bonds. The van der Waals surface area contributed by atoms with E-state index in [1.165, 1.54) is 0 Å². The van der Waals surface area contributed by atoms with E-state index in [1.807, 2.05) is 49.6 Å². The molecule has 23 heavy (non-hydrogen) atoms. The molecular formula is C18H13BrClN3. The molecule has 0 N–H and O–H groups in total. The lowest BCUT2D eigenvalue weighted by molar-refractivity contribution is 0.945. The van der Waals surface area contributed by atoms with Gasteiger partial charge in [-0.3, -0.25) is 4.40 Å². The molecule has 2 heterocycles. The number of hydrogen-bond donors (Lipinski definition) is 0. The summed E-state index contributed by atoms with van der Waals surface area (Å²) in [5.41, 5.74) is 4.29. The Labute approximate surface area is 147 Å². The highest BCUT2D eigenvalue weighted by Crippen LogP contribution is 2.27. The van der Waals surface area contributed by atoms with Gasteiger partial charge in [0.2, 0.25) is 5.78 Å². The molecule has 114 valence electrons. The van der Waals surface area contributed by atoms with Crippen molar-refractivity contribution in [3.63, 3.8) is 0 Å². The molecule has 0 saturated carbocycles. The molecule has 0 bridgehead atoms. The summed E-state index contributed by atoms with van der Waals surface area (Å²) in [4.78, 5) is 4.75. The minimum Gasteiger partial charge on any atom is -0.313 e. The van der Waals surface area contributed by atoms with Crippen LogP contribution in [0.15, 0.2) is 65.4 Å². The highest BCUT2D eigenvalue weighted by molar-refractivity contribution is 9.10. The summed E-state index contributed by atoms with van der Waals surface area (Å²) in [6.45, 7) is 0. The van der Waals surface area contributed by atoms with Gasteiger partial charge in [-0.1, -0.05) is 51.8 Å². The van der Waals surface area contributed by atoms with Crippen molar-refractivity contribution < 1.29 is 0 Å². The smallest absolute Gasteiger partial charge is 0.214 e. The van der Waals surface area contributed by atoms with Gasteiger partial charge in [0.1, 0.15) is 0 Å². The van der Waals surface area contributed by atoms with Crippen molar-refractivity contribution in [2.45, 2.75) is 0 Å². The van der Waals surface area contributed by atoms with E-state index in [9.17, 15) is 0 Å². The number of nitrogens with zero attached hydrogens (tertiary/aromatic N) is 3. The Morgan fingerprint density at radius 3 is 2.22 bits per heavy atom. The topological polar surface area (TPSA) is 22.2 Å². The van der Waals surface area contributed by atoms with E-state index in [4.69, 9.17) is 16.6 Å². The van der Waals surface area contributed by atoms with Crippen LogP contribution in [0, 0.1) is 0 Å². The van der Waals surface area contributed by atoms with Crippen LogP contribution >= 0.6 is 27.5 Å². The number of imidazole rings is 2. The third kappa shape index (κ3) is 2.58. The third-order valence-electron chi connectivity index (χ3n) is 3.92. The zero-order chi connectivity index (χ0) is 16.0. The Hall–Kier alpha value is -2.04. The van der Waals surface area contributed by atoms with Gasteiger partial charge < -0.3 is 4.57 Å². The summed E-state index contributed by atoms with van der Waals surface area (Å²) >= 11 is 9.42. The fraction of sp³-hybridized carbons (Fsp3) is 0.0556. The molecule has 5 heteroatoms. The fourth-order valence-corrected chi connectivity index (χ4v) is 3.09. The summed E-state index contributed by atoms with van der Waals surface area (Å²) in [5, 5.41) is 0.732. The lowest BCUT2D eigenvalue weighted by Crippen LogP contribution is -1.92. The molecule has 0 atom stereocenters. The summed E-state index contributed by atoms with van der Waals surface area (Å²) in [7, 11) is 2.03. The predicted octanol–water partition coefficient (Wildman–Crippen LogP) is 5.42. The molecule has 0 aliphatic heterocycles. The fourth-order valence-electron chi connectivity index (χ4n) is 2.70. The third-order valence-corrected chi connectivity index (χ3v) is 4.70. The van der Waals surface area contributed by atoms with Crippen molar-refractivity contribution in [3.05, 3.63) is 70.4 Å². The van der Waals surface area contributed by atoms with E-state index in [2.05, 4.69) is 43.2 Å². The lowest BCUT2D eigenvalue weighted by Gasteiger charge is -2.03. The van der Waals surface area contributed by atoms with Crippen LogP contribution in [0.2, 0.25) is 5.02 Å². The molecular weight excluding hydrogens is 374 g/mol. The number of fused-ring (bicyclic) bond motifs is 1. The lowest BCUT2D eigenvalue weighted by atomic mass is 10.1. The van der Waals surface area contributed by atoms with Gasteiger partial charge in [-0.05, 0) is 29.8 Å². The average Bonchev–Trinajstić information content (AvgIpc) is 3.09. The number of halogens is 2.